The molecule has 130 valence electrons. The molecule has 0 atom stereocenters. The maximum absolute atomic E-state index is 5.52. The van der Waals surface area contributed by atoms with E-state index in [-0.39, 0.29) is 0 Å². The number of aromatic nitrogens is 2. The van der Waals surface area contributed by atoms with Crippen LogP contribution in [0.15, 0.2) is 59.5 Å². The zero-order valence-corrected chi connectivity index (χ0v) is 14.3. The zero-order chi connectivity index (χ0) is 16.9. The topological polar surface area (TPSA) is 57.1 Å². The van der Waals surface area contributed by atoms with E-state index in [0.717, 1.165) is 37.4 Å². The fourth-order valence-corrected chi connectivity index (χ4v) is 3.48. The number of furan rings is 1. The summed E-state index contributed by atoms with van der Waals surface area (Å²) in [6.07, 6.45) is 8.98. The van der Waals surface area contributed by atoms with Crippen LogP contribution < -0.4 is 10.2 Å². The van der Waals surface area contributed by atoms with Crippen molar-refractivity contribution in [3.63, 3.8) is 0 Å². The van der Waals surface area contributed by atoms with Gasteiger partial charge in [0.1, 0.15) is 5.76 Å². The summed E-state index contributed by atoms with van der Waals surface area (Å²) in [5, 5.41) is 10.5. The molecule has 1 aromatic carbocycles. The summed E-state index contributed by atoms with van der Waals surface area (Å²) >= 11 is 0. The molecule has 0 radical (unpaired) electrons. The molecule has 2 N–H and O–H groups in total. The predicted octanol–water partition coefficient (Wildman–Crippen LogP) is 3.47. The van der Waals surface area contributed by atoms with Crippen LogP contribution >= 0.6 is 0 Å². The molecule has 0 spiro atoms. The number of nitrogens with one attached hydrogen (secondary N) is 2. The molecule has 3 aromatic rings. The van der Waals surface area contributed by atoms with Crippen LogP contribution in [0.5, 0.6) is 0 Å². The van der Waals surface area contributed by atoms with E-state index in [1.165, 1.54) is 24.1 Å². The Balaban J connectivity index is 1.29. The molecule has 3 heterocycles. The molecule has 5 heteroatoms. The van der Waals surface area contributed by atoms with Crippen molar-refractivity contribution in [2.24, 2.45) is 0 Å². The second-order valence-corrected chi connectivity index (χ2v) is 6.60. The molecular formula is C20H24N4O. The normalized spacial score (nSPS) is 15.6. The Bertz CT molecular complexity index is 759. The average Bonchev–Trinajstić information content (AvgIpc) is 3.37. The Morgan fingerprint density at radius 1 is 1.20 bits per heavy atom. The molecule has 1 aliphatic heterocycles. The standard InChI is InChI=1S/C20H24N4O/c1-3-17(20-5-2-12-25-20)13-19(4-1)24-10-7-18(8-11-24)21-9-6-16-14-22-23-15-16/h1-5,12-15,18,21H,6-11H2,(H,22,23). The second-order valence-electron chi connectivity index (χ2n) is 6.60. The minimum absolute atomic E-state index is 0.608. The van der Waals surface area contributed by atoms with Crippen LogP contribution in [0.3, 0.4) is 0 Å². The molecule has 1 saturated heterocycles. The molecule has 25 heavy (non-hydrogen) atoms. The summed E-state index contributed by atoms with van der Waals surface area (Å²) < 4.78 is 5.52. The van der Waals surface area contributed by atoms with E-state index >= 15 is 0 Å². The number of H-pyrrole nitrogens is 1. The molecule has 0 aliphatic carbocycles. The van der Waals surface area contributed by atoms with Crippen LogP contribution in [0.1, 0.15) is 18.4 Å². The molecule has 4 rings (SSSR count). The van der Waals surface area contributed by atoms with E-state index in [1.807, 2.05) is 24.5 Å². The van der Waals surface area contributed by atoms with Crippen LogP contribution in [-0.4, -0.2) is 35.9 Å². The van der Waals surface area contributed by atoms with Gasteiger partial charge in [-0.1, -0.05) is 12.1 Å². The number of benzene rings is 1. The lowest BCUT2D eigenvalue weighted by molar-refractivity contribution is 0.417. The lowest BCUT2D eigenvalue weighted by atomic mass is 10.0. The number of hydrogen-bond donors (Lipinski definition) is 2. The SMILES string of the molecule is c1cc(-c2ccco2)cc(N2CCC(NCCc3cn[nH]c3)CC2)c1. The first kappa shape index (κ1) is 16.0. The van der Waals surface area contributed by atoms with Crippen LogP contribution in [0.25, 0.3) is 11.3 Å². The summed E-state index contributed by atoms with van der Waals surface area (Å²) in [6.45, 7) is 3.19. The first-order valence-electron chi connectivity index (χ1n) is 8.98. The van der Waals surface area contributed by atoms with Gasteiger partial charge in [-0.15, -0.1) is 0 Å². The molecule has 0 unspecified atom stereocenters. The number of piperidine rings is 1. The Kier molecular flexibility index (Phi) is 4.84. The van der Waals surface area contributed by atoms with Gasteiger partial charge >= 0.3 is 0 Å². The van der Waals surface area contributed by atoms with Gasteiger partial charge in [-0.05, 0) is 55.6 Å². The highest BCUT2D eigenvalue weighted by molar-refractivity contribution is 5.64. The predicted molar refractivity (Wildman–Crippen MR) is 99.7 cm³/mol. The fourth-order valence-electron chi connectivity index (χ4n) is 3.48. The van der Waals surface area contributed by atoms with E-state index < -0.39 is 0 Å². The first-order valence-corrected chi connectivity index (χ1v) is 8.98. The zero-order valence-electron chi connectivity index (χ0n) is 14.3. The maximum Gasteiger partial charge on any atom is 0.133 e. The maximum atomic E-state index is 5.52. The molecular weight excluding hydrogens is 312 g/mol. The van der Waals surface area contributed by atoms with E-state index in [2.05, 4.69) is 44.7 Å². The number of nitrogens with zero attached hydrogens (tertiary/aromatic N) is 2. The van der Waals surface area contributed by atoms with Gasteiger partial charge in [0.2, 0.25) is 0 Å². The van der Waals surface area contributed by atoms with E-state index in [4.69, 9.17) is 4.42 Å². The van der Waals surface area contributed by atoms with Crippen LogP contribution in [-0.2, 0) is 6.42 Å². The van der Waals surface area contributed by atoms with Crippen molar-refractivity contribution in [1.29, 1.82) is 0 Å². The van der Waals surface area contributed by atoms with Gasteiger partial charge in [0, 0.05) is 36.6 Å². The summed E-state index contributed by atoms with van der Waals surface area (Å²) in [4.78, 5) is 2.47. The average molecular weight is 336 g/mol. The van der Waals surface area contributed by atoms with Gasteiger partial charge in [-0.2, -0.15) is 5.10 Å². The van der Waals surface area contributed by atoms with E-state index in [0.29, 0.717) is 6.04 Å². The third-order valence-electron chi connectivity index (χ3n) is 4.91. The van der Waals surface area contributed by atoms with Crippen LogP contribution in [0.2, 0.25) is 0 Å². The van der Waals surface area contributed by atoms with Crippen molar-refractivity contribution in [1.82, 2.24) is 15.5 Å². The van der Waals surface area contributed by atoms with E-state index in [9.17, 15) is 0 Å². The third kappa shape index (κ3) is 3.94. The lowest BCUT2D eigenvalue weighted by Crippen LogP contribution is -2.43. The Morgan fingerprint density at radius 3 is 2.88 bits per heavy atom. The third-order valence-corrected chi connectivity index (χ3v) is 4.91. The lowest BCUT2D eigenvalue weighted by Gasteiger charge is -2.34. The Morgan fingerprint density at radius 2 is 2.12 bits per heavy atom. The van der Waals surface area contributed by atoms with Gasteiger partial charge in [0.15, 0.2) is 0 Å². The summed E-state index contributed by atoms with van der Waals surface area (Å²) in [6, 6.07) is 13.2. The van der Waals surface area contributed by atoms with Crippen LogP contribution in [0.4, 0.5) is 5.69 Å². The molecule has 2 aromatic heterocycles. The summed E-state index contributed by atoms with van der Waals surface area (Å²) in [5.41, 5.74) is 3.69. The second kappa shape index (κ2) is 7.57. The number of rotatable bonds is 6. The Hall–Kier alpha value is -2.53. The quantitative estimate of drug-likeness (QED) is 0.724. The van der Waals surface area contributed by atoms with Crippen molar-refractivity contribution in [3.8, 4) is 11.3 Å². The van der Waals surface area contributed by atoms with E-state index in [1.54, 1.807) is 6.26 Å². The van der Waals surface area contributed by atoms with Crippen molar-refractivity contribution in [2.45, 2.75) is 25.3 Å². The van der Waals surface area contributed by atoms with Crippen molar-refractivity contribution in [2.75, 3.05) is 24.5 Å². The smallest absolute Gasteiger partial charge is 0.133 e. The highest BCUT2D eigenvalue weighted by atomic mass is 16.3. The highest BCUT2D eigenvalue weighted by Crippen LogP contribution is 2.27. The minimum atomic E-state index is 0.608. The molecule has 1 fully saturated rings. The fraction of sp³-hybridized carbons (Fsp3) is 0.350. The molecule has 0 bridgehead atoms. The highest BCUT2D eigenvalue weighted by Gasteiger charge is 2.19. The van der Waals surface area contributed by atoms with Crippen molar-refractivity contribution >= 4 is 5.69 Å². The number of aromatic amines is 1. The van der Waals surface area contributed by atoms with Crippen molar-refractivity contribution in [3.05, 3.63) is 60.6 Å². The Labute approximate surface area is 148 Å². The van der Waals surface area contributed by atoms with Gasteiger partial charge in [-0.25, -0.2) is 0 Å². The largest absolute Gasteiger partial charge is 0.464 e. The molecule has 0 saturated carbocycles. The minimum Gasteiger partial charge on any atom is -0.464 e. The van der Waals surface area contributed by atoms with Gasteiger partial charge in [0.05, 0.1) is 12.5 Å². The van der Waals surface area contributed by atoms with Gasteiger partial charge in [-0.3, -0.25) is 5.10 Å². The summed E-state index contributed by atoms with van der Waals surface area (Å²) in [7, 11) is 0. The number of hydrogen-bond acceptors (Lipinski definition) is 4. The van der Waals surface area contributed by atoms with Gasteiger partial charge < -0.3 is 14.6 Å². The van der Waals surface area contributed by atoms with Gasteiger partial charge in [0.25, 0.3) is 0 Å². The summed E-state index contributed by atoms with van der Waals surface area (Å²) in [5.74, 6) is 0.928. The van der Waals surface area contributed by atoms with Crippen LogP contribution in [0, 0.1) is 0 Å². The molecule has 5 nitrogen and oxygen atoms in total. The molecule has 1 aliphatic rings. The number of anilines is 1. The van der Waals surface area contributed by atoms with Crippen molar-refractivity contribution < 1.29 is 4.42 Å². The monoisotopic (exact) mass is 336 g/mol. The first-order chi connectivity index (χ1) is 12.4. The molecule has 0 amide bonds.